The highest BCUT2D eigenvalue weighted by atomic mass is 15.3. The van der Waals surface area contributed by atoms with E-state index in [0.29, 0.717) is 0 Å². The molecule has 0 spiro atoms. The van der Waals surface area contributed by atoms with Crippen molar-refractivity contribution in [3.63, 3.8) is 0 Å². The SMILES string of the molecule is c1ccc2c(c1)cn1[nH]cnc21. The molecular weight excluding hydrogens is 150 g/mol. The minimum Gasteiger partial charge on any atom is -0.282 e. The zero-order chi connectivity index (χ0) is 7.97. The first kappa shape index (κ1) is 5.83. The lowest BCUT2D eigenvalue weighted by Crippen LogP contribution is -1.75. The Morgan fingerprint density at radius 1 is 1.25 bits per heavy atom. The van der Waals surface area contributed by atoms with Gasteiger partial charge in [-0.15, -0.1) is 0 Å². The van der Waals surface area contributed by atoms with E-state index in [1.807, 2.05) is 22.8 Å². The van der Waals surface area contributed by atoms with Crippen molar-refractivity contribution in [2.75, 3.05) is 0 Å². The fourth-order valence-electron chi connectivity index (χ4n) is 1.53. The van der Waals surface area contributed by atoms with Gasteiger partial charge in [-0.1, -0.05) is 24.3 Å². The van der Waals surface area contributed by atoms with E-state index in [4.69, 9.17) is 0 Å². The molecule has 1 aromatic carbocycles. The van der Waals surface area contributed by atoms with E-state index in [2.05, 4.69) is 22.2 Å². The molecule has 0 saturated heterocycles. The molecule has 3 nitrogen and oxygen atoms in total. The van der Waals surface area contributed by atoms with Gasteiger partial charge in [0.2, 0.25) is 0 Å². The monoisotopic (exact) mass is 157 g/mol. The number of aromatic nitrogens is 3. The van der Waals surface area contributed by atoms with Crippen LogP contribution < -0.4 is 0 Å². The Balaban J connectivity index is 2.68. The Kier molecular flexibility index (Phi) is 0.913. The minimum absolute atomic E-state index is 0.991. The van der Waals surface area contributed by atoms with E-state index < -0.39 is 0 Å². The van der Waals surface area contributed by atoms with Gasteiger partial charge in [-0.2, -0.15) is 0 Å². The molecule has 0 radical (unpaired) electrons. The highest BCUT2D eigenvalue weighted by Crippen LogP contribution is 2.18. The van der Waals surface area contributed by atoms with Gasteiger partial charge in [0.15, 0.2) is 5.65 Å². The molecule has 0 aliphatic carbocycles. The number of hydrogen-bond acceptors (Lipinski definition) is 1. The minimum atomic E-state index is 0.991. The van der Waals surface area contributed by atoms with Crippen molar-refractivity contribution in [2.24, 2.45) is 0 Å². The molecule has 0 unspecified atom stereocenters. The zero-order valence-electron chi connectivity index (χ0n) is 6.36. The molecule has 3 aromatic rings. The van der Waals surface area contributed by atoms with E-state index in [0.717, 1.165) is 5.65 Å². The van der Waals surface area contributed by atoms with Gasteiger partial charge in [-0.3, -0.25) is 5.10 Å². The molecule has 12 heavy (non-hydrogen) atoms. The number of H-pyrrole nitrogens is 1. The Morgan fingerprint density at radius 3 is 3.17 bits per heavy atom. The van der Waals surface area contributed by atoms with Gasteiger partial charge in [0, 0.05) is 17.0 Å². The summed E-state index contributed by atoms with van der Waals surface area (Å²) in [6, 6.07) is 8.21. The third-order valence-electron chi connectivity index (χ3n) is 2.08. The van der Waals surface area contributed by atoms with Crippen LogP contribution in [-0.4, -0.2) is 14.6 Å². The van der Waals surface area contributed by atoms with Crippen molar-refractivity contribution in [3.8, 4) is 0 Å². The summed E-state index contributed by atoms with van der Waals surface area (Å²) in [6.45, 7) is 0. The average Bonchev–Trinajstić information content (AvgIpc) is 2.62. The Bertz CT molecular complexity index is 532. The van der Waals surface area contributed by atoms with Gasteiger partial charge in [-0.25, -0.2) is 9.50 Å². The Morgan fingerprint density at radius 2 is 2.17 bits per heavy atom. The predicted molar refractivity (Wildman–Crippen MR) is 47.0 cm³/mol. The van der Waals surface area contributed by atoms with Crippen LogP contribution in [0.4, 0.5) is 0 Å². The Hall–Kier alpha value is -1.77. The summed E-state index contributed by atoms with van der Waals surface area (Å²) < 4.78 is 1.92. The molecular formula is C9H7N3. The van der Waals surface area contributed by atoms with Crippen molar-refractivity contribution in [2.45, 2.75) is 0 Å². The molecule has 0 amide bonds. The molecule has 1 N–H and O–H groups in total. The van der Waals surface area contributed by atoms with Crippen LogP contribution in [-0.2, 0) is 0 Å². The van der Waals surface area contributed by atoms with Crippen LogP contribution in [0, 0.1) is 0 Å². The molecule has 0 aliphatic rings. The summed E-state index contributed by atoms with van der Waals surface area (Å²) in [5, 5.41) is 5.43. The third-order valence-corrected chi connectivity index (χ3v) is 2.08. The van der Waals surface area contributed by atoms with Gasteiger partial charge >= 0.3 is 0 Å². The molecule has 2 aromatic heterocycles. The maximum atomic E-state index is 4.21. The van der Waals surface area contributed by atoms with Gasteiger partial charge in [0.05, 0.1) is 0 Å². The smallest absolute Gasteiger partial charge is 0.161 e. The lowest BCUT2D eigenvalue weighted by atomic mass is 10.2. The van der Waals surface area contributed by atoms with E-state index in [1.54, 1.807) is 6.33 Å². The first-order valence-electron chi connectivity index (χ1n) is 3.84. The fraction of sp³-hybridized carbons (Fsp3) is 0. The lowest BCUT2D eigenvalue weighted by Gasteiger charge is -1.83. The first-order chi connectivity index (χ1) is 5.95. The highest BCUT2D eigenvalue weighted by Gasteiger charge is 2.01. The van der Waals surface area contributed by atoms with Gasteiger partial charge in [-0.05, 0) is 0 Å². The van der Waals surface area contributed by atoms with Crippen molar-refractivity contribution < 1.29 is 0 Å². The van der Waals surface area contributed by atoms with Gasteiger partial charge < -0.3 is 0 Å². The van der Waals surface area contributed by atoms with E-state index >= 15 is 0 Å². The molecule has 0 bridgehead atoms. The van der Waals surface area contributed by atoms with Gasteiger partial charge in [0.1, 0.15) is 6.33 Å². The number of hydrogen-bond donors (Lipinski definition) is 1. The van der Waals surface area contributed by atoms with Crippen LogP contribution in [0.15, 0.2) is 36.8 Å². The van der Waals surface area contributed by atoms with Crippen LogP contribution in [0.5, 0.6) is 0 Å². The van der Waals surface area contributed by atoms with E-state index in [1.165, 1.54) is 10.8 Å². The topological polar surface area (TPSA) is 33.1 Å². The molecule has 3 rings (SSSR count). The zero-order valence-corrected chi connectivity index (χ0v) is 6.36. The van der Waals surface area contributed by atoms with E-state index in [-0.39, 0.29) is 0 Å². The number of nitrogens with zero attached hydrogens (tertiary/aromatic N) is 2. The standard InChI is InChI=1S/C9H7N3/c1-2-4-8-7(3-1)5-12-9(8)10-6-11-12/h1-6H,(H,10,11). The first-order valence-corrected chi connectivity index (χ1v) is 3.84. The third kappa shape index (κ3) is 0.580. The lowest BCUT2D eigenvalue weighted by molar-refractivity contribution is 0.980. The molecule has 2 heterocycles. The second-order valence-electron chi connectivity index (χ2n) is 2.80. The van der Waals surface area contributed by atoms with Crippen LogP contribution in [0.2, 0.25) is 0 Å². The maximum absolute atomic E-state index is 4.21. The van der Waals surface area contributed by atoms with Crippen molar-refractivity contribution >= 4 is 16.4 Å². The summed E-state index contributed by atoms with van der Waals surface area (Å²) in [7, 11) is 0. The van der Waals surface area contributed by atoms with Gasteiger partial charge in [0.25, 0.3) is 0 Å². The van der Waals surface area contributed by atoms with E-state index in [9.17, 15) is 0 Å². The second-order valence-corrected chi connectivity index (χ2v) is 2.80. The average molecular weight is 157 g/mol. The van der Waals surface area contributed by atoms with Crippen molar-refractivity contribution in [1.82, 2.24) is 14.6 Å². The number of benzene rings is 1. The molecule has 0 fully saturated rings. The summed E-state index contributed by atoms with van der Waals surface area (Å²) in [4.78, 5) is 4.21. The predicted octanol–water partition coefficient (Wildman–Crippen LogP) is 1.82. The molecule has 0 aliphatic heterocycles. The molecule has 58 valence electrons. The highest BCUT2D eigenvalue weighted by molar-refractivity contribution is 5.94. The number of rotatable bonds is 0. The molecule has 0 saturated carbocycles. The largest absolute Gasteiger partial charge is 0.282 e. The number of aromatic amines is 1. The maximum Gasteiger partial charge on any atom is 0.161 e. The molecule has 0 atom stereocenters. The number of nitrogens with one attached hydrogen (secondary N) is 1. The Labute approximate surface area is 68.6 Å². The fourth-order valence-corrected chi connectivity index (χ4v) is 1.53. The van der Waals surface area contributed by atoms with Crippen LogP contribution in [0.3, 0.4) is 0 Å². The second kappa shape index (κ2) is 1.88. The van der Waals surface area contributed by atoms with Crippen molar-refractivity contribution in [3.05, 3.63) is 36.8 Å². The summed E-state index contributed by atoms with van der Waals surface area (Å²) in [5.74, 6) is 0. The quantitative estimate of drug-likeness (QED) is 0.530. The van der Waals surface area contributed by atoms with Crippen LogP contribution in [0.1, 0.15) is 0 Å². The summed E-state index contributed by atoms with van der Waals surface area (Å²) in [6.07, 6.45) is 3.74. The van der Waals surface area contributed by atoms with Crippen LogP contribution >= 0.6 is 0 Å². The normalized spacial score (nSPS) is 11.3. The number of fused-ring (bicyclic) bond motifs is 3. The van der Waals surface area contributed by atoms with Crippen molar-refractivity contribution in [1.29, 1.82) is 0 Å². The summed E-state index contributed by atoms with van der Waals surface area (Å²) in [5.41, 5.74) is 0.991. The summed E-state index contributed by atoms with van der Waals surface area (Å²) >= 11 is 0. The van der Waals surface area contributed by atoms with Crippen LogP contribution in [0.25, 0.3) is 16.4 Å². The molecule has 3 heteroatoms.